The maximum atomic E-state index is 13.5. The molecule has 0 saturated heterocycles. The first-order chi connectivity index (χ1) is 7.16. The van der Waals surface area contributed by atoms with Crippen LogP contribution in [0, 0.1) is 5.82 Å². The quantitative estimate of drug-likeness (QED) is 0.818. The molecule has 0 spiro atoms. The SMILES string of the molecule is OC1C=C(c2cc(Br)ccc2F)CNC1. The highest BCUT2D eigenvalue weighted by Gasteiger charge is 2.14. The fourth-order valence-electron chi connectivity index (χ4n) is 1.63. The smallest absolute Gasteiger partial charge is 0.130 e. The van der Waals surface area contributed by atoms with Crippen LogP contribution in [0.5, 0.6) is 0 Å². The molecule has 1 aromatic rings. The van der Waals surface area contributed by atoms with E-state index in [4.69, 9.17) is 0 Å². The van der Waals surface area contributed by atoms with Crippen molar-refractivity contribution in [1.29, 1.82) is 0 Å². The Morgan fingerprint density at radius 3 is 3.00 bits per heavy atom. The van der Waals surface area contributed by atoms with Gasteiger partial charge in [0.25, 0.3) is 0 Å². The summed E-state index contributed by atoms with van der Waals surface area (Å²) in [6, 6.07) is 4.80. The first-order valence-electron chi connectivity index (χ1n) is 4.72. The van der Waals surface area contributed by atoms with Crippen LogP contribution in [0.25, 0.3) is 5.57 Å². The number of nitrogens with one attached hydrogen (secondary N) is 1. The number of hydrogen-bond acceptors (Lipinski definition) is 2. The van der Waals surface area contributed by atoms with E-state index in [2.05, 4.69) is 21.2 Å². The lowest BCUT2D eigenvalue weighted by atomic mass is 10.0. The fraction of sp³-hybridized carbons (Fsp3) is 0.273. The summed E-state index contributed by atoms with van der Waals surface area (Å²) in [5.74, 6) is -0.264. The van der Waals surface area contributed by atoms with Crippen molar-refractivity contribution in [2.75, 3.05) is 13.1 Å². The van der Waals surface area contributed by atoms with Crippen LogP contribution in [0.2, 0.25) is 0 Å². The highest BCUT2D eigenvalue weighted by atomic mass is 79.9. The molecule has 1 unspecified atom stereocenters. The highest BCUT2D eigenvalue weighted by Crippen LogP contribution is 2.23. The normalized spacial score (nSPS) is 21.3. The lowest BCUT2D eigenvalue weighted by Crippen LogP contribution is -2.31. The van der Waals surface area contributed by atoms with E-state index in [-0.39, 0.29) is 5.82 Å². The Morgan fingerprint density at radius 2 is 2.27 bits per heavy atom. The van der Waals surface area contributed by atoms with Crippen molar-refractivity contribution in [1.82, 2.24) is 5.32 Å². The predicted octanol–water partition coefficient (Wildman–Crippen LogP) is 1.94. The van der Waals surface area contributed by atoms with Gasteiger partial charge in [-0.15, -0.1) is 0 Å². The molecule has 0 radical (unpaired) electrons. The Bertz CT molecular complexity index is 406. The largest absolute Gasteiger partial charge is 0.388 e. The minimum absolute atomic E-state index is 0.264. The second-order valence-corrected chi connectivity index (χ2v) is 4.43. The number of β-amino-alcohol motifs (C(OH)–C–C–N with tert-alkyl or cyclic N) is 1. The van der Waals surface area contributed by atoms with Gasteiger partial charge < -0.3 is 10.4 Å². The molecule has 80 valence electrons. The van der Waals surface area contributed by atoms with Crippen molar-refractivity contribution in [2.45, 2.75) is 6.10 Å². The molecule has 4 heteroatoms. The van der Waals surface area contributed by atoms with E-state index in [1.54, 1.807) is 18.2 Å². The molecule has 0 fully saturated rings. The lowest BCUT2D eigenvalue weighted by molar-refractivity contribution is 0.217. The molecule has 1 atom stereocenters. The Hall–Kier alpha value is -0.710. The van der Waals surface area contributed by atoms with E-state index < -0.39 is 6.10 Å². The summed E-state index contributed by atoms with van der Waals surface area (Å²) >= 11 is 3.30. The maximum Gasteiger partial charge on any atom is 0.130 e. The Kier molecular flexibility index (Phi) is 3.19. The zero-order chi connectivity index (χ0) is 10.8. The first-order valence-corrected chi connectivity index (χ1v) is 5.51. The van der Waals surface area contributed by atoms with Gasteiger partial charge in [0.2, 0.25) is 0 Å². The Labute approximate surface area is 95.9 Å². The van der Waals surface area contributed by atoms with E-state index in [9.17, 15) is 9.50 Å². The molecular weight excluding hydrogens is 261 g/mol. The summed E-state index contributed by atoms with van der Waals surface area (Å²) < 4.78 is 14.3. The molecule has 2 nitrogen and oxygen atoms in total. The van der Waals surface area contributed by atoms with Gasteiger partial charge in [0.15, 0.2) is 0 Å². The molecule has 0 aliphatic carbocycles. The molecule has 1 aliphatic heterocycles. The Morgan fingerprint density at radius 1 is 1.47 bits per heavy atom. The number of benzene rings is 1. The van der Waals surface area contributed by atoms with Gasteiger partial charge in [-0.1, -0.05) is 15.9 Å². The molecule has 0 aromatic heterocycles. The van der Waals surface area contributed by atoms with Gasteiger partial charge in [-0.3, -0.25) is 0 Å². The highest BCUT2D eigenvalue weighted by molar-refractivity contribution is 9.10. The number of hydrogen-bond donors (Lipinski definition) is 2. The number of aliphatic hydroxyl groups is 1. The lowest BCUT2D eigenvalue weighted by Gasteiger charge is -2.19. The second kappa shape index (κ2) is 4.43. The fourth-order valence-corrected chi connectivity index (χ4v) is 1.99. The molecule has 15 heavy (non-hydrogen) atoms. The summed E-state index contributed by atoms with van der Waals surface area (Å²) in [7, 11) is 0. The zero-order valence-corrected chi connectivity index (χ0v) is 9.59. The van der Waals surface area contributed by atoms with Crippen molar-refractivity contribution in [3.05, 3.63) is 40.1 Å². The molecule has 0 saturated carbocycles. The standard InChI is InChI=1S/C11H11BrFNO/c12-8-1-2-11(13)10(4-8)7-3-9(15)6-14-5-7/h1-4,9,14-15H,5-6H2. The molecule has 1 aromatic carbocycles. The minimum Gasteiger partial charge on any atom is -0.388 e. The van der Waals surface area contributed by atoms with Crippen LogP contribution in [0.4, 0.5) is 4.39 Å². The minimum atomic E-state index is -0.535. The van der Waals surface area contributed by atoms with Gasteiger partial charge in [-0.2, -0.15) is 0 Å². The first kappa shape index (κ1) is 10.8. The monoisotopic (exact) mass is 271 g/mol. The van der Waals surface area contributed by atoms with Crippen molar-refractivity contribution in [3.63, 3.8) is 0 Å². The molecule has 0 amide bonds. The van der Waals surface area contributed by atoms with Crippen molar-refractivity contribution >= 4 is 21.5 Å². The van der Waals surface area contributed by atoms with Crippen LogP contribution in [-0.4, -0.2) is 24.3 Å². The number of halogens is 2. The molecule has 0 bridgehead atoms. The van der Waals surface area contributed by atoms with E-state index in [1.807, 2.05) is 0 Å². The Balaban J connectivity index is 2.40. The molecule has 2 N–H and O–H groups in total. The average Bonchev–Trinajstić information content (AvgIpc) is 2.22. The third-order valence-electron chi connectivity index (χ3n) is 2.34. The van der Waals surface area contributed by atoms with Crippen molar-refractivity contribution in [2.24, 2.45) is 0 Å². The van der Waals surface area contributed by atoms with Crippen LogP contribution >= 0.6 is 15.9 Å². The maximum absolute atomic E-state index is 13.5. The van der Waals surface area contributed by atoms with Crippen molar-refractivity contribution in [3.8, 4) is 0 Å². The molecular formula is C11H11BrFNO. The topological polar surface area (TPSA) is 32.3 Å². The summed E-state index contributed by atoms with van der Waals surface area (Å²) in [6.07, 6.45) is 1.16. The second-order valence-electron chi connectivity index (χ2n) is 3.51. The van der Waals surface area contributed by atoms with Gasteiger partial charge in [-0.05, 0) is 29.8 Å². The molecule has 1 heterocycles. The van der Waals surface area contributed by atoms with Gasteiger partial charge in [0.05, 0.1) is 6.10 Å². The number of rotatable bonds is 1. The van der Waals surface area contributed by atoms with Crippen LogP contribution in [-0.2, 0) is 0 Å². The summed E-state index contributed by atoms with van der Waals surface area (Å²) in [5, 5.41) is 12.5. The van der Waals surface area contributed by atoms with Gasteiger partial charge in [0, 0.05) is 23.1 Å². The van der Waals surface area contributed by atoms with E-state index in [0.717, 1.165) is 10.0 Å². The zero-order valence-electron chi connectivity index (χ0n) is 8.00. The average molecular weight is 272 g/mol. The van der Waals surface area contributed by atoms with Crippen LogP contribution < -0.4 is 5.32 Å². The van der Waals surface area contributed by atoms with Gasteiger partial charge in [0.1, 0.15) is 5.82 Å². The van der Waals surface area contributed by atoms with Crippen molar-refractivity contribution < 1.29 is 9.50 Å². The molecule has 2 rings (SSSR count). The van der Waals surface area contributed by atoms with Crippen LogP contribution in [0.3, 0.4) is 0 Å². The third kappa shape index (κ3) is 2.45. The summed E-state index contributed by atoms with van der Waals surface area (Å²) in [5.41, 5.74) is 1.34. The predicted molar refractivity (Wildman–Crippen MR) is 61.0 cm³/mol. The van der Waals surface area contributed by atoms with Gasteiger partial charge in [-0.25, -0.2) is 4.39 Å². The third-order valence-corrected chi connectivity index (χ3v) is 2.83. The van der Waals surface area contributed by atoms with E-state index in [1.165, 1.54) is 6.07 Å². The number of aliphatic hydroxyl groups excluding tert-OH is 1. The van der Waals surface area contributed by atoms with E-state index >= 15 is 0 Å². The van der Waals surface area contributed by atoms with Gasteiger partial charge >= 0.3 is 0 Å². The summed E-state index contributed by atoms with van der Waals surface area (Å²) in [4.78, 5) is 0. The molecule has 1 aliphatic rings. The summed E-state index contributed by atoms with van der Waals surface area (Å²) in [6.45, 7) is 1.11. The van der Waals surface area contributed by atoms with Crippen LogP contribution in [0.15, 0.2) is 28.7 Å². The van der Waals surface area contributed by atoms with Crippen LogP contribution in [0.1, 0.15) is 5.56 Å². The van der Waals surface area contributed by atoms with E-state index in [0.29, 0.717) is 18.7 Å².